The smallest absolute Gasteiger partial charge is 0.230 e. The lowest BCUT2D eigenvalue weighted by atomic mass is 10.2. The molecule has 0 aliphatic carbocycles. The normalized spacial score (nSPS) is 10.8. The molecule has 0 fully saturated rings. The van der Waals surface area contributed by atoms with Gasteiger partial charge in [-0.3, -0.25) is 9.36 Å². The largest absolute Gasteiger partial charge is 0.491 e. The molecule has 7 nitrogen and oxygen atoms in total. The number of benzene rings is 3. The van der Waals surface area contributed by atoms with Gasteiger partial charge in [-0.15, -0.1) is 10.2 Å². The summed E-state index contributed by atoms with van der Waals surface area (Å²) in [6.45, 7) is 1.40. The van der Waals surface area contributed by atoms with E-state index in [4.69, 9.17) is 9.47 Å². The maximum Gasteiger partial charge on any atom is 0.230 e. The molecule has 9 heteroatoms. The van der Waals surface area contributed by atoms with Gasteiger partial charge in [0.25, 0.3) is 0 Å². The highest BCUT2D eigenvalue weighted by molar-refractivity contribution is 7.99. The number of nitrogens with one attached hydrogen (secondary N) is 1. The van der Waals surface area contributed by atoms with Gasteiger partial charge in [0.15, 0.2) is 11.0 Å². The molecule has 0 aliphatic rings. The van der Waals surface area contributed by atoms with Crippen molar-refractivity contribution in [2.75, 3.05) is 26.1 Å². The monoisotopic (exact) mass is 492 g/mol. The van der Waals surface area contributed by atoms with Crippen LogP contribution in [0, 0.1) is 5.82 Å². The zero-order chi connectivity index (χ0) is 24.5. The number of hydrogen-bond acceptors (Lipinski definition) is 6. The molecule has 0 bridgehead atoms. The number of para-hydroxylation sites is 1. The minimum atomic E-state index is -0.388. The first-order valence-electron chi connectivity index (χ1n) is 11.0. The number of nitrogens with zero attached hydrogens (tertiary/aromatic N) is 3. The maximum absolute atomic E-state index is 14.5. The average molecular weight is 493 g/mol. The van der Waals surface area contributed by atoms with Crippen LogP contribution in [0.1, 0.15) is 5.56 Å². The number of amides is 1. The molecule has 0 spiro atoms. The van der Waals surface area contributed by atoms with Crippen molar-refractivity contribution in [2.24, 2.45) is 0 Å². The Morgan fingerprint density at radius 3 is 2.46 bits per heavy atom. The molecular formula is C26H25FN4O3S. The lowest BCUT2D eigenvalue weighted by Gasteiger charge is -2.11. The number of hydrogen-bond donors (Lipinski definition) is 1. The van der Waals surface area contributed by atoms with Crippen molar-refractivity contribution in [3.8, 4) is 22.8 Å². The summed E-state index contributed by atoms with van der Waals surface area (Å²) in [5.74, 6) is 0.732. The second kappa shape index (κ2) is 12.1. The van der Waals surface area contributed by atoms with Gasteiger partial charge in [0.05, 0.1) is 17.9 Å². The molecule has 0 radical (unpaired) electrons. The van der Waals surface area contributed by atoms with Crippen LogP contribution in [0.4, 0.5) is 4.39 Å². The predicted molar refractivity (Wildman–Crippen MR) is 133 cm³/mol. The highest BCUT2D eigenvalue weighted by Crippen LogP contribution is 2.29. The third-order valence-electron chi connectivity index (χ3n) is 5.06. The van der Waals surface area contributed by atoms with Gasteiger partial charge in [-0.2, -0.15) is 0 Å². The van der Waals surface area contributed by atoms with E-state index < -0.39 is 0 Å². The van der Waals surface area contributed by atoms with Crippen molar-refractivity contribution in [1.29, 1.82) is 0 Å². The Hall–Kier alpha value is -3.69. The number of ether oxygens (including phenoxy) is 2. The molecule has 1 aromatic heterocycles. The first-order valence-corrected chi connectivity index (χ1v) is 12.0. The zero-order valence-corrected chi connectivity index (χ0v) is 20.0. The average Bonchev–Trinajstić information content (AvgIpc) is 3.31. The summed E-state index contributed by atoms with van der Waals surface area (Å²) in [6.07, 6.45) is 0. The van der Waals surface area contributed by atoms with Crippen LogP contribution >= 0.6 is 11.8 Å². The molecule has 0 saturated heterocycles. The number of carbonyl (C=O) groups excluding carboxylic acids is 1. The minimum absolute atomic E-state index is 0.139. The summed E-state index contributed by atoms with van der Waals surface area (Å²) >= 11 is 1.24. The standard InChI is InChI=1S/C26H25FN4O3S/c1-33-15-16-34-21-13-11-19(12-14-21)17-28-24(32)18-35-26-30-29-25(22-9-5-6-10-23(22)27)31(26)20-7-3-2-4-8-20/h2-14H,15-18H2,1H3,(H,28,32). The fraction of sp³-hybridized carbons (Fsp3) is 0.192. The molecule has 0 unspecified atom stereocenters. The highest BCUT2D eigenvalue weighted by Gasteiger charge is 2.19. The summed E-state index contributed by atoms with van der Waals surface area (Å²) in [5.41, 5.74) is 2.08. The molecule has 1 N–H and O–H groups in total. The third kappa shape index (κ3) is 6.46. The van der Waals surface area contributed by atoms with Gasteiger partial charge < -0.3 is 14.8 Å². The van der Waals surface area contributed by atoms with Crippen LogP contribution in [0.3, 0.4) is 0 Å². The van der Waals surface area contributed by atoms with E-state index in [0.717, 1.165) is 17.0 Å². The highest BCUT2D eigenvalue weighted by atomic mass is 32.2. The molecule has 4 rings (SSSR count). The topological polar surface area (TPSA) is 78.3 Å². The first kappa shape index (κ1) is 24.4. The molecule has 1 heterocycles. The Morgan fingerprint density at radius 2 is 1.71 bits per heavy atom. The minimum Gasteiger partial charge on any atom is -0.491 e. The fourth-order valence-electron chi connectivity index (χ4n) is 3.32. The number of aromatic nitrogens is 3. The van der Waals surface area contributed by atoms with Gasteiger partial charge in [0.2, 0.25) is 5.91 Å². The summed E-state index contributed by atoms with van der Waals surface area (Å²) in [6, 6.07) is 23.4. The Kier molecular flexibility index (Phi) is 8.48. The quantitative estimate of drug-likeness (QED) is 0.245. The molecule has 180 valence electrons. The van der Waals surface area contributed by atoms with E-state index in [1.54, 1.807) is 29.9 Å². The van der Waals surface area contributed by atoms with Crippen molar-refractivity contribution >= 4 is 17.7 Å². The molecule has 35 heavy (non-hydrogen) atoms. The second-order valence-electron chi connectivity index (χ2n) is 7.51. The van der Waals surface area contributed by atoms with Crippen molar-refractivity contribution in [2.45, 2.75) is 11.7 Å². The van der Waals surface area contributed by atoms with Crippen LogP contribution in [0.25, 0.3) is 17.1 Å². The lowest BCUT2D eigenvalue weighted by molar-refractivity contribution is -0.118. The Balaban J connectivity index is 1.40. The summed E-state index contributed by atoms with van der Waals surface area (Å²) in [7, 11) is 1.63. The predicted octanol–water partition coefficient (Wildman–Crippen LogP) is 4.51. The zero-order valence-electron chi connectivity index (χ0n) is 19.2. The van der Waals surface area contributed by atoms with E-state index in [1.165, 1.54) is 17.8 Å². The molecule has 3 aromatic carbocycles. The summed E-state index contributed by atoms with van der Waals surface area (Å²) in [5, 5.41) is 11.9. The van der Waals surface area contributed by atoms with E-state index >= 15 is 0 Å². The van der Waals surface area contributed by atoms with E-state index in [2.05, 4.69) is 15.5 Å². The Morgan fingerprint density at radius 1 is 0.971 bits per heavy atom. The van der Waals surface area contributed by atoms with Crippen LogP contribution in [0.2, 0.25) is 0 Å². The maximum atomic E-state index is 14.5. The summed E-state index contributed by atoms with van der Waals surface area (Å²) < 4.78 is 26.8. The molecule has 0 aliphatic heterocycles. The van der Waals surface area contributed by atoms with E-state index in [0.29, 0.717) is 36.3 Å². The molecule has 1 amide bonds. The van der Waals surface area contributed by atoms with Crippen molar-refractivity contribution in [3.05, 3.63) is 90.2 Å². The van der Waals surface area contributed by atoms with E-state index in [1.807, 2.05) is 54.6 Å². The van der Waals surface area contributed by atoms with E-state index in [-0.39, 0.29) is 17.5 Å². The molecule has 0 atom stereocenters. The van der Waals surface area contributed by atoms with Crippen LogP contribution in [0.15, 0.2) is 84.0 Å². The van der Waals surface area contributed by atoms with Crippen LogP contribution in [-0.2, 0) is 16.1 Å². The Labute approximate surface area is 207 Å². The van der Waals surface area contributed by atoms with Crippen LogP contribution < -0.4 is 10.1 Å². The van der Waals surface area contributed by atoms with Gasteiger partial charge >= 0.3 is 0 Å². The summed E-state index contributed by atoms with van der Waals surface area (Å²) in [4.78, 5) is 12.5. The first-order chi connectivity index (χ1) is 17.2. The number of carbonyl (C=O) groups is 1. The fourth-order valence-corrected chi connectivity index (χ4v) is 4.10. The van der Waals surface area contributed by atoms with Crippen molar-refractivity contribution < 1.29 is 18.7 Å². The number of methoxy groups -OCH3 is 1. The Bertz CT molecular complexity index is 1250. The van der Waals surface area contributed by atoms with Gasteiger partial charge in [0.1, 0.15) is 18.2 Å². The van der Waals surface area contributed by atoms with Gasteiger partial charge in [0, 0.05) is 19.3 Å². The molecular weight excluding hydrogens is 467 g/mol. The van der Waals surface area contributed by atoms with E-state index in [9.17, 15) is 9.18 Å². The van der Waals surface area contributed by atoms with Crippen LogP contribution in [-0.4, -0.2) is 46.7 Å². The number of thioether (sulfide) groups is 1. The van der Waals surface area contributed by atoms with Gasteiger partial charge in [-0.05, 0) is 42.0 Å². The lowest BCUT2D eigenvalue weighted by Crippen LogP contribution is -2.24. The van der Waals surface area contributed by atoms with Crippen molar-refractivity contribution in [3.63, 3.8) is 0 Å². The number of halogens is 1. The number of rotatable bonds is 11. The third-order valence-corrected chi connectivity index (χ3v) is 5.99. The van der Waals surface area contributed by atoms with Crippen molar-refractivity contribution in [1.82, 2.24) is 20.1 Å². The SMILES string of the molecule is COCCOc1ccc(CNC(=O)CSc2nnc(-c3ccccc3F)n2-c2ccccc2)cc1. The second-order valence-corrected chi connectivity index (χ2v) is 8.45. The van der Waals surface area contributed by atoms with Gasteiger partial charge in [-0.25, -0.2) is 4.39 Å². The van der Waals surface area contributed by atoms with Gasteiger partial charge in [-0.1, -0.05) is 54.2 Å². The molecule has 0 saturated carbocycles. The molecule has 4 aromatic rings. The van der Waals surface area contributed by atoms with Crippen LogP contribution in [0.5, 0.6) is 5.75 Å².